The molecule has 0 bridgehead atoms. The molecule has 0 aliphatic carbocycles. The zero-order valence-corrected chi connectivity index (χ0v) is 10.5. The zero-order valence-electron chi connectivity index (χ0n) is 10.5. The Hall–Kier alpha value is -2.69. The average molecular weight is 269 g/mol. The SMILES string of the molecule is O=C1OCc2ccccc2[C@H]1c1ccc([N+](=O)[O-])cc1. The van der Waals surface area contributed by atoms with Gasteiger partial charge in [-0.1, -0.05) is 36.4 Å². The summed E-state index contributed by atoms with van der Waals surface area (Å²) in [5.41, 5.74) is 2.58. The number of fused-ring (bicyclic) bond motifs is 1. The maximum atomic E-state index is 12.0. The summed E-state index contributed by atoms with van der Waals surface area (Å²) in [6.45, 7) is 0.276. The second-order valence-corrected chi connectivity index (χ2v) is 4.59. The number of nitro benzene ring substituents is 1. The van der Waals surface area contributed by atoms with Gasteiger partial charge in [0, 0.05) is 12.1 Å². The van der Waals surface area contributed by atoms with Crippen LogP contribution in [0, 0.1) is 10.1 Å². The molecule has 1 aliphatic rings. The number of nitro groups is 1. The van der Waals surface area contributed by atoms with Crippen LogP contribution in [0.5, 0.6) is 0 Å². The highest BCUT2D eigenvalue weighted by atomic mass is 16.6. The Labute approximate surface area is 115 Å². The molecule has 0 N–H and O–H groups in total. The van der Waals surface area contributed by atoms with Crippen LogP contribution in [0.15, 0.2) is 48.5 Å². The van der Waals surface area contributed by atoms with Gasteiger partial charge in [-0.05, 0) is 16.7 Å². The van der Waals surface area contributed by atoms with Crippen LogP contribution in [0.4, 0.5) is 5.69 Å². The van der Waals surface area contributed by atoms with Gasteiger partial charge in [0.15, 0.2) is 0 Å². The Morgan fingerprint density at radius 3 is 2.50 bits per heavy atom. The van der Waals surface area contributed by atoms with Crippen molar-refractivity contribution in [2.75, 3.05) is 0 Å². The van der Waals surface area contributed by atoms with Crippen molar-refractivity contribution in [3.8, 4) is 0 Å². The molecule has 2 aromatic rings. The molecule has 1 atom stereocenters. The van der Waals surface area contributed by atoms with Gasteiger partial charge in [0.05, 0.1) is 4.92 Å². The molecule has 0 spiro atoms. The molecule has 0 aromatic heterocycles. The topological polar surface area (TPSA) is 69.4 Å². The second-order valence-electron chi connectivity index (χ2n) is 4.59. The molecule has 2 aromatic carbocycles. The number of nitrogens with zero attached hydrogens (tertiary/aromatic N) is 1. The number of hydrogen-bond donors (Lipinski definition) is 0. The number of carbonyl (C=O) groups excluding carboxylic acids is 1. The van der Waals surface area contributed by atoms with E-state index in [9.17, 15) is 14.9 Å². The number of esters is 1. The van der Waals surface area contributed by atoms with Crippen LogP contribution >= 0.6 is 0 Å². The fourth-order valence-electron chi connectivity index (χ4n) is 2.41. The molecule has 5 heteroatoms. The summed E-state index contributed by atoms with van der Waals surface area (Å²) < 4.78 is 5.18. The first-order valence-corrected chi connectivity index (χ1v) is 6.15. The normalized spacial score (nSPS) is 17.2. The number of non-ortho nitro benzene ring substituents is 1. The third-order valence-electron chi connectivity index (χ3n) is 3.41. The standard InChI is InChI=1S/C15H11NO4/c17-15-14(10-5-7-12(8-6-10)16(18)19)13-4-2-1-3-11(13)9-20-15/h1-8,14H,9H2/t14-/m1/s1. The van der Waals surface area contributed by atoms with Crippen molar-refractivity contribution >= 4 is 11.7 Å². The molecule has 1 aliphatic heterocycles. The number of rotatable bonds is 2. The van der Waals surface area contributed by atoms with Gasteiger partial charge in [-0.25, -0.2) is 0 Å². The molecular formula is C15H11NO4. The predicted octanol–water partition coefficient (Wildman–Crippen LogP) is 2.78. The summed E-state index contributed by atoms with van der Waals surface area (Å²) in [5, 5.41) is 10.7. The van der Waals surface area contributed by atoms with Crippen LogP contribution < -0.4 is 0 Å². The quantitative estimate of drug-likeness (QED) is 0.477. The van der Waals surface area contributed by atoms with Gasteiger partial charge in [-0.2, -0.15) is 0 Å². The summed E-state index contributed by atoms with van der Waals surface area (Å²) in [7, 11) is 0. The molecule has 5 nitrogen and oxygen atoms in total. The Morgan fingerprint density at radius 1 is 1.10 bits per heavy atom. The van der Waals surface area contributed by atoms with E-state index in [4.69, 9.17) is 4.74 Å². The molecule has 3 rings (SSSR count). The number of benzene rings is 2. The van der Waals surface area contributed by atoms with Crippen molar-refractivity contribution in [1.29, 1.82) is 0 Å². The monoisotopic (exact) mass is 269 g/mol. The lowest BCUT2D eigenvalue weighted by Gasteiger charge is -2.24. The van der Waals surface area contributed by atoms with E-state index in [2.05, 4.69) is 0 Å². The lowest BCUT2D eigenvalue weighted by molar-refractivity contribution is -0.384. The molecule has 0 saturated heterocycles. The van der Waals surface area contributed by atoms with Crippen molar-refractivity contribution in [2.24, 2.45) is 0 Å². The highest BCUT2D eigenvalue weighted by Gasteiger charge is 2.30. The van der Waals surface area contributed by atoms with Gasteiger partial charge in [0.2, 0.25) is 0 Å². The minimum Gasteiger partial charge on any atom is -0.460 e. The minimum atomic E-state index is -0.513. The molecule has 0 radical (unpaired) electrons. The van der Waals surface area contributed by atoms with Crippen LogP contribution in [0.3, 0.4) is 0 Å². The number of ether oxygens (including phenoxy) is 1. The number of cyclic esters (lactones) is 1. The Balaban J connectivity index is 2.04. The van der Waals surface area contributed by atoms with Gasteiger partial charge in [-0.3, -0.25) is 14.9 Å². The van der Waals surface area contributed by atoms with Gasteiger partial charge in [0.25, 0.3) is 5.69 Å². The summed E-state index contributed by atoms with van der Waals surface area (Å²) in [4.78, 5) is 22.2. The van der Waals surface area contributed by atoms with E-state index in [1.54, 1.807) is 12.1 Å². The van der Waals surface area contributed by atoms with Gasteiger partial charge in [0.1, 0.15) is 12.5 Å². The molecule has 20 heavy (non-hydrogen) atoms. The van der Waals surface area contributed by atoms with E-state index in [0.717, 1.165) is 11.1 Å². The highest BCUT2D eigenvalue weighted by molar-refractivity contribution is 5.84. The van der Waals surface area contributed by atoms with Crippen molar-refractivity contribution in [3.63, 3.8) is 0 Å². The molecule has 0 amide bonds. The van der Waals surface area contributed by atoms with Crippen LogP contribution in [0.2, 0.25) is 0 Å². The molecule has 0 fully saturated rings. The summed E-state index contributed by atoms with van der Waals surface area (Å²) in [5.74, 6) is -0.835. The van der Waals surface area contributed by atoms with Crippen molar-refractivity contribution < 1.29 is 14.5 Å². The molecule has 100 valence electrons. The van der Waals surface area contributed by atoms with Gasteiger partial charge >= 0.3 is 5.97 Å². The van der Waals surface area contributed by atoms with E-state index in [1.807, 2.05) is 24.3 Å². The first-order chi connectivity index (χ1) is 9.66. The van der Waals surface area contributed by atoms with E-state index >= 15 is 0 Å². The largest absolute Gasteiger partial charge is 0.460 e. The zero-order chi connectivity index (χ0) is 14.1. The van der Waals surface area contributed by atoms with Crippen molar-refractivity contribution in [1.82, 2.24) is 0 Å². The third kappa shape index (κ3) is 2.03. The van der Waals surface area contributed by atoms with Crippen LogP contribution in [-0.2, 0) is 16.1 Å². The first-order valence-electron chi connectivity index (χ1n) is 6.15. The van der Waals surface area contributed by atoms with Crippen molar-refractivity contribution in [2.45, 2.75) is 12.5 Å². The lowest BCUT2D eigenvalue weighted by atomic mass is 9.87. The second kappa shape index (κ2) is 4.77. The van der Waals surface area contributed by atoms with E-state index < -0.39 is 10.8 Å². The van der Waals surface area contributed by atoms with E-state index in [1.165, 1.54) is 12.1 Å². The van der Waals surface area contributed by atoms with E-state index in [-0.39, 0.29) is 18.3 Å². The van der Waals surface area contributed by atoms with E-state index in [0.29, 0.717) is 5.56 Å². The fraction of sp³-hybridized carbons (Fsp3) is 0.133. The van der Waals surface area contributed by atoms with Crippen LogP contribution in [0.1, 0.15) is 22.6 Å². The fourth-order valence-corrected chi connectivity index (χ4v) is 2.41. The van der Waals surface area contributed by atoms with Crippen LogP contribution in [-0.4, -0.2) is 10.9 Å². The minimum absolute atomic E-state index is 0.00575. The van der Waals surface area contributed by atoms with Gasteiger partial charge < -0.3 is 4.74 Å². The number of hydrogen-bond acceptors (Lipinski definition) is 4. The third-order valence-corrected chi connectivity index (χ3v) is 3.41. The molecule has 0 unspecified atom stereocenters. The average Bonchev–Trinajstić information content (AvgIpc) is 2.47. The highest BCUT2D eigenvalue weighted by Crippen LogP contribution is 2.33. The van der Waals surface area contributed by atoms with Gasteiger partial charge in [-0.15, -0.1) is 0 Å². The maximum Gasteiger partial charge on any atom is 0.318 e. The summed E-state index contributed by atoms with van der Waals surface area (Å²) in [6.07, 6.45) is 0. The smallest absolute Gasteiger partial charge is 0.318 e. The molecule has 1 heterocycles. The Bertz CT molecular complexity index is 679. The molecular weight excluding hydrogens is 258 g/mol. The predicted molar refractivity (Wildman–Crippen MR) is 71.2 cm³/mol. The molecule has 0 saturated carbocycles. The number of carbonyl (C=O) groups is 1. The summed E-state index contributed by atoms with van der Waals surface area (Å²) in [6, 6.07) is 13.6. The van der Waals surface area contributed by atoms with Crippen molar-refractivity contribution in [3.05, 3.63) is 75.3 Å². The summed E-state index contributed by atoms with van der Waals surface area (Å²) >= 11 is 0. The lowest BCUT2D eigenvalue weighted by Crippen LogP contribution is -2.23. The Morgan fingerprint density at radius 2 is 1.80 bits per heavy atom. The Kier molecular flexibility index (Phi) is 2.95. The van der Waals surface area contributed by atoms with Crippen LogP contribution in [0.25, 0.3) is 0 Å². The maximum absolute atomic E-state index is 12.0. The first kappa shape index (κ1) is 12.3.